The normalized spacial score (nSPS) is 22.2. The number of likely N-dealkylation sites (N-methyl/N-ethyl adjacent to an activating group) is 1. The van der Waals surface area contributed by atoms with Gasteiger partial charge < -0.3 is 14.7 Å². The van der Waals surface area contributed by atoms with Crippen LogP contribution in [0.25, 0.3) is 0 Å². The van der Waals surface area contributed by atoms with Crippen LogP contribution in [0.5, 0.6) is 0 Å². The molecule has 1 unspecified atom stereocenters. The van der Waals surface area contributed by atoms with Crippen molar-refractivity contribution in [2.24, 2.45) is 0 Å². The molecule has 6 nitrogen and oxygen atoms in total. The molecule has 7 heteroatoms. The molecule has 0 bridgehead atoms. The molecule has 23 heavy (non-hydrogen) atoms. The number of piperazine rings is 1. The molecule has 0 radical (unpaired) electrons. The van der Waals surface area contributed by atoms with Crippen LogP contribution in [0.2, 0.25) is 0 Å². The number of carbonyl (C=O) groups excluding carboxylic acids is 2. The molecule has 2 aliphatic rings. The number of pyridine rings is 1. The molecule has 1 aromatic heterocycles. The van der Waals surface area contributed by atoms with Crippen LogP contribution in [-0.4, -0.2) is 71.6 Å². The number of anilines is 1. The van der Waals surface area contributed by atoms with Gasteiger partial charge in [0.25, 0.3) is 0 Å². The van der Waals surface area contributed by atoms with E-state index >= 15 is 0 Å². The summed E-state index contributed by atoms with van der Waals surface area (Å²) < 4.78 is 0. The lowest BCUT2D eigenvalue weighted by molar-refractivity contribution is -0.134. The largest absolute Gasteiger partial charge is 0.340 e. The van der Waals surface area contributed by atoms with Crippen LogP contribution in [0.4, 0.5) is 5.69 Å². The molecule has 3 heterocycles. The Kier molecular flexibility index (Phi) is 4.87. The lowest BCUT2D eigenvalue weighted by Crippen LogP contribution is -2.49. The van der Waals surface area contributed by atoms with Crippen molar-refractivity contribution < 1.29 is 9.59 Å². The molecular weight excluding hydrogens is 312 g/mol. The molecule has 0 aliphatic carbocycles. The fraction of sp³-hybridized carbons (Fsp3) is 0.562. The van der Waals surface area contributed by atoms with E-state index in [-0.39, 0.29) is 23.5 Å². The van der Waals surface area contributed by atoms with Crippen LogP contribution in [0.3, 0.4) is 0 Å². The van der Waals surface area contributed by atoms with Crippen LogP contribution >= 0.6 is 11.8 Å². The predicted molar refractivity (Wildman–Crippen MR) is 90.6 cm³/mol. The maximum absolute atomic E-state index is 12.7. The van der Waals surface area contributed by atoms with Gasteiger partial charge in [-0.2, -0.15) is 0 Å². The second kappa shape index (κ2) is 6.88. The second-order valence-electron chi connectivity index (χ2n) is 5.90. The van der Waals surface area contributed by atoms with Gasteiger partial charge >= 0.3 is 0 Å². The highest BCUT2D eigenvalue weighted by Gasteiger charge is 2.36. The fourth-order valence-corrected chi connectivity index (χ4v) is 4.10. The topological polar surface area (TPSA) is 56.8 Å². The van der Waals surface area contributed by atoms with Crippen molar-refractivity contribution in [2.75, 3.05) is 44.7 Å². The Morgan fingerprint density at radius 2 is 2.09 bits per heavy atom. The number of carbonyl (C=O) groups is 2. The summed E-state index contributed by atoms with van der Waals surface area (Å²) in [5.74, 6) is 0.0832. The molecule has 0 N–H and O–H groups in total. The van der Waals surface area contributed by atoms with Gasteiger partial charge in [-0.05, 0) is 26.1 Å². The van der Waals surface area contributed by atoms with E-state index in [1.807, 2.05) is 24.0 Å². The Morgan fingerprint density at radius 1 is 1.35 bits per heavy atom. The van der Waals surface area contributed by atoms with Gasteiger partial charge in [-0.1, -0.05) is 11.8 Å². The van der Waals surface area contributed by atoms with Gasteiger partial charge in [-0.15, -0.1) is 0 Å². The molecule has 0 spiro atoms. The minimum absolute atomic E-state index is 0.0143. The van der Waals surface area contributed by atoms with Crippen molar-refractivity contribution in [1.29, 1.82) is 0 Å². The summed E-state index contributed by atoms with van der Waals surface area (Å²) in [4.78, 5) is 35.4. The number of thioether (sulfide) groups is 1. The summed E-state index contributed by atoms with van der Waals surface area (Å²) in [6, 6.07) is 3.75. The van der Waals surface area contributed by atoms with Gasteiger partial charge in [0.2, 0.25) is 11.8 Å². The van der Waals surface area contributed by atoms with E-state index in [1.165, 1.54) is 11.8 Å². The Labute approximate surface area is 140 Å². The lowest BCUT2D eigenvalue weighted by atomic mass is 10.2. The van der Waals surface area contributed by atoms with Gasteiger partial charge in [0.15, 0.2) is 0 Å². The molecule has 0 saturated carbocycles. The number of hydrogen-bond acceptors (Lipinski definition) is 5. The van der Waals surface area contributed by atoms with Crippen molar-refractivity contribution in [3.8, 4) is 0 Å². The van der Waals surface area contributed by atoms with Gasteiger partial charge in [-0.3, -0.25) is 9.59 Å². The quantitative estimate of drug-likeness (QED) is 0.828. The number of rotatable bonds is 3. The molecule has 0 aromatic carbocycles. The maximum Gasteiger partial charge on any atom is 0.241 e. The summed E-state index contributed by atoms with van der Waals surface area (Å²) in [5, 5.41) is 0.467. The minimum Gasteiger partial charge on any atom is -0.340 e. The van der Waals surface area contributed by atoms with Gasteiger partial charge in [-0.25, -0.2) is 4.98 Å². The molecule has 3 rings (SSSR count). The molecule has 124 valence electrons. The molecule has 2 amide bonds. The molecule has 2 aliphatic heterocycles. The number of nitrogens with zero attached hydrogens (tertiary/aromatic N) is 4. The molecular formula is C16H22N4O2S. The first-order chi connectivity index (χ1) is 11.1. The second-order valence-corrected chi connectivity index (χ2v) is 7.10. The van der Waals surface area contributed by atoms with Crippen LogP contribution in [0.1, 0.15) is 13.3 Å². The van der Waals surface area contributed by atoms with Gasteiger partial charge in [0.1, 0.15) is 5.03 Å². The van der Waals surface area contributed by atoms with E-state index in [1.54, 1.807) is 11.1 Å². The van der Waals surface area contributed by atoms with E-state index in [2.05, 4.69) is 16.9 Å². The van der Waals surface area contributed by atoms with Gasteiger partial charge in [0.05, 0.1) is 10.9 Å². The van der Waals surface area contributed by atoms with Crippen molar-refractivity contribution in [3.63, 3.8) is 0 Å². The number of fused-ring (bicyclic) bond motifs is 1. The van der Waals surface area contributed by atoms with Crippen LogP contribution in [-0.2, 0) is 9.59 Å². The molecule has 1 aromatic rings. The summed E-state index contributed by atoms with van der Waals surface area (Å²) in [6.07, 6.45) is 1.98. The van der Waals surface area contributed by atoms with E-state index in [9.17, 15) is 9.59 Å². The highest BCUT2D eigenvalue weighted by Crippen LogP contribution is 2.38. The Morgan fingerprint density at radius 3 is 2.78 bits per heavy atom. The minimum atomic E-state index is -0.371. The van der Waals surface area contributed by atoms with Crippen molar-refractivity contribution in [1.82, 2.24) is 14.8 Å². The predicted octanol–water partition coefficient (Wildman–Crippen LogP) is 1.07. The molecule has 1 saturated heterocycles. The number of aromatic nitrogens is 1. The molecule has 1 fully saturated rings. The highest BCUT2D eigenvalue weighted by atomic mass is 32.2. The number of hydrogen-bond donors (Lipinski definition) is 0. The van der Waals surface area contributed by atoms with E-state index < -0.39 is 0 Å². The first-order valence-electron chi connectivity index (χ1n) is 7.99. The van der Waals surface area contributed by atoms with Crippen LogP contribution < -0.4 is 4.90 Å². The first kappa shape index (κ1) is 16.3. The summed E-state index contributed by atoms with van der Waals surface area (Å²) in [6.45, 7) is 5.81. The monoisotopic (exact) mass is 334 g/mol. The van der Waals surface area contributed by atoms with Crippen LogP contribution in [0, 0.1) is 0 Å². The summed E-state index contributed by atoms with van der Waals surface area (Å²) in [5.41, 5.74) is 0.855. The highest BCUT2D eigenvalue weighted by molar-refractivity contribution is 8.00. The lowest BCUT2D eigenvalue weighted by Gasteiger charge is -2.35. The maximum atomic E-state index is 12.7. The SMILES string of the molecule is CCN1C(=O)C(CC(=O)N2CCN(C)CC2)Sc2ncccc21. The average Bonchev–Trinajstić information content (AvgIpc) is 2.56. The van der Waals surface area contributed by atoms with Gasteiger partial charge in [0, 0.05) is 45.3 Å². The van der Waals surface area contributed by atoms with E-state index in [0.717, 1.165) is 36.9 Å². The van der Waals surface area contributed by atoms with Crippen molar-refractivity contribution in [3.05, 3.63) is 18.3 Å². The van der Waals surface area contributed by atoms with Crippen LogP contribution in [0.15, 0.2) is 23.4 Å². The Hall–Kier alpha value is -1.60. The smallest absolute Gasteiger partial charge is 0.241 e. The third-order valence-electron chi connectivity index (χ3n) is 4.37. The molecule has 1 atom stereocenters. The summed E-state index contributed by atoms with van der Waals surface area (Å²) >= 11 is 1.42. The Bertz CT molecular complexity index is 601. The van der Waals surface area contributed by atoms with Crippen molar-refractivity contribution >= 4 is 29.3 Å². The fourth-order valence-electron chi connectivity index (χ4n) is 2.95. The van der Waals surface area contributed by atoms with E-state index in [4.69, 9.17) is 0 Å². The zero-order valence-corrected chi connectivity index (χ0v) is 14.4. The third kappa shape index (κ3) is 3.35. The Balaban J connectivity index is 1.71. The third-order valence-corrected chi connectivity index (χ3v) is 5.56. The number of amides is 2. The first-order valence-corrected chi connectivity index (χ1v) is 8.87. The standard InChI is InChI=1S/C16H22N4O2S/c1-3-20-12-5-4-6-17-15(12)23-13(16(20)22)11-14(21)19-9-7-18(2)8-10-19/h4-6,13H,3,7-11H2,1-2H3. The average molecular weight is 334 g/mol. The summed E-state index contributed by atoms with van der Waals surface area (Å²) in [7, 11) is 2.06. The zero-order valence-electron chi connectivity index (χ0n) is 13.6. The van der Waals surface area contributed by atoms with E-state index in [0.29, 0.717) is 6.54 Å². The van der Waals surface area contributed by atoms with Crippen molar-refractivity contribution in [2.45, 2.75) is 23.6 Å². The zero-order chi connectivity index (χ0) is 16.4.